The molecule has 0 bridgehead atoms. The Labute approximate surface area is 143 Å². The van der Waals surface area contributed by atoms with Gasteiger partial charge < -0.3 is 14.8 Å². The number of carbonyl (C=O) groups is 1. The highest BCUT2D eigenvalue weighted by Gasteiger charge is 2.10. The van der Waals surface area contributed by atoms with Gasteiger partial charge in [-0.2, -0.15) is 0 Å². The highest BCUT2D eigenvalue weighted by Crippen LogP contribution is 2.18. The molecular formula is C16H17N3O4S. The third-order valence-corrected chi connectivity index (χ3v) is 3.82. The van der Waals surface area contributed by atoms with E-state index >= 15 is 0 Å². The zero-order chi connectivity index (χ0) is 17.4. The van der Waals surface area contributed by atoms with Gasteiger partial charge in [0, 0.05) is 17.1 Å². The van der Waals surface area contributed by atoms with E-state index < -0.39 is 5.97 Å². The first-order chi connectivity index (χ1) is 11.6. The van der Waals surface area contributed by atoms with Crippen molar-refractivity contribution in [1.29, 1.82) is 0 Å². The topological polar surface area (TPSA) is 93.4 Å². The van der Waals surface area contributed by atoms with Crippen molar-refractivity contribution in [1.82, 2.24) is 4.98 Å². The van der Waals surface area contributed by atoms with Crippen molar-refractivity contribution in [3.05, 3.63) is 46.4 Å². The quantitative estimate of drug-likeness (QED) is 0.472. The maximum atomic E-state index is 11.6. The molecule has 1 N–H and O–H groups in total. The van der Waals surface area contributed by atoms with E-state index in [1.165, 1.54) is 11.3 Å². The Morgan fingerprint density at radius 1 is 1.33 bits per heavy atom. The third kappa shape index (κ3) is 4.88. The molecule has 24 heavy (non-hydrogen) atoms. The van der Waals surface area contributed by atoms with Gasteiger partial charge >= 0.3 is 5.97 Å². The van der Waals surface area contributed by atoms with Crippen LogP contribution < -0.4 is 0 Å². The Morgan fingerprint density at radius 2 is 2.12 bits per heavy atom. The molecule has 0 saturated heterocycles. The van der Waals surface area contributed by atoms with Gasteiger partial charge in [0.2, 0.25) is 6.61 Å². The molecule has 0 aliphatic carbocycles. The zero-order valence-corrected chi connectivity index (χ0v) is 14.1. The molecule has 0 atom stereocenters. The average molecular weight is 347 g/mol. The number of phenols is 1. The number of thiazole rings is 1. The van der Waals surface area contributed by atoms with E-state index in [9.17, 15) is 9.90 Å². The summed E-state index contributed by atoms with van der Waals surface area (Å²) >= 11 is 1.42. The lowest BCUT2D eigenvalue weighted by Gasteiger charge is -2.05. The lowest BCUT2D eigenvalue weighted by molar-refractivity contribution is -0.148. The van der Waals surface area contributed by atoms with E-state index in [0.29, 0.717) is 28.4 Å². The van der Waals surface area contributed by atoms with Crippen LogP contribution >= 0.6 is 11.3 Å². The first kappa shape index (κ1) is 17.6. The number of hydrogen-bond donors (Lipinski definition) is 1. The summed E-state index contributed by atoms with van der Waals surface area (Å²) in [5.74, 6) is -0.610. The third-order valence-electron chi connectivity index (χ3n) is 2.93. The van der Waals surface area contributed by atoms with E-state index in [4.69, 9.17) is 9.68 Å². The molecular weight excluding hydrogens is 330 g/mol. The van der Waals surface area contributed by atoms with Gasteiger partial charge in [-0.15, -0.1) is 11.3 Å². The number of rotatable bonds is 7. The second-order valence-corrected chi connectivity index (χ2v) is 5.55. The molecule has 0 fully saturated rings. The molecule has 7 nitrogen and oxygen atoms in total. The van der Waals surface area contributed by atoms with Crippen LogP contribution in [0, 0.1) is 0 Å². The number of phenolic OH excluding ortho intramolecular Hbond substituents is 1. The number of hydrogen-bond acceptors (Lipinski definition) is 8. The lowest BCUT2D eigenvalue weighted by atomic mass is 10.1. The number of nitrogens with zero attached hydrogens (tertiary/aromatic N) is 3. The molecule has 0 radical (unpaired) electrons. The number of para-hydroxylation sites is 1. The van der Waals surface area contributed by atoms with Crippen LogP contribution in [-0.2, 0) is 14.5 Å². The van der Waals surface area contributed by atoms with Gasteiger partial charge in [-0.1, -0.05) is 29.4 Å². The standard InChI is InChI=1S/C16H17N3O4S/c1-3-13(12-6-4-5-7-14(12)20)19-23-15(21)10-22-18-11(2)16-17-8-9-24-16/h4-9,20H,3,10H2,1-2H3/b18-11-,19-13-. The van der Waals surface area contributed by atoms with Crippen LogP contribution in [0.15, 0.2) is 46.2 Å². The minimum Gasteiger partial charge on any atom is -0.507 e. The van der Waals surface area contributed by atoms with Crippen molar-refractivity contribution in [3.8, 4) is 5.75 Å². The Balaban J connectivity index is 1.90. The monoisotopic (exact) mass is 347 g/mol. The number of oxime groups is 2. The Hall–Kier alpha value is -2.74. The highest BCUT2D eigenvalue weighted by atomic mass is 32.1. The van der Waals surface area contributed by atoms with Crippen LogP contribution in [-0.4, -0.2) is 34.1 Å². The van der Waals surface area contributed by atoms with E-state index in [1.807, 2.05) is 12.3 Å². The summed E-state index contributed by atoms with van der Waals surface area (Å²) in [5.41, 5.74) is 1.56. The fraction of sp³-hybridized carbons (Fsp3) is 0.250. The summed E-state index contributed by atoms with van der Waals surface area (Å²) in [6.07, 6.45) is 2.15. The van der Waals surface area contributed by atoms with Crippen LogP contribution in [0.1, 0.15) is 30.8 Å². The van der Waals surface area contributed by atoms with Gasteiger partial charge in [-0.25, -0.2) is 9.78 Å². The number of carbonyl (C=O) groups excluding carboxylic acids is 1. The van der Waals surface area contributed by atoms with Gasteiger partial charge in [0.1, 0.15) is 16.5 Å². The summed E-state index contributed by atoms with van der Waals surface area (Å²) in [4.78, 5) is 25.5. The Kier molecular flexibility index (Phi) is 6.44. The average Bonchev–Trinajstić information content (AvgIpc) is 3.11. The maximum Gasteiger partial charge on any atom is 0.374 e. The molecule has 0 spiro atoms. The van der Waals surface area contributed by atoms with Crippen LogP contribution in [0.5, 0.6) is 5.75 Å². The Bertz CT molecular complexity index is 742. The molecule has 0 aliphatic heterocycles. The summed E-state index contributed by atoms with van der Waals surface area (Å²) in [6, 6.07) is 6.71. The molecule has 0 saturated carbocycles. The molecule has 2 aromatic rings. The highest BCUT2D eigenvalue weighted by molar-refractivity contribution is 7.11. The molecule has 1 heterocycles. The summed E-state index contributed by atoms with van der Waals surface area (Å²) in [6.45, 7) is 3.21. The van der Waals surface area contributed by atoms with Crippen LogP contribution in [0.2, 0.25) is 0 Å². The van der Waals surface area contributed by atoms with Crippen molar-refractivity contribution in [2.75, 3.05) is 6.61 Å². The zero-order valence-electron chi connectivity index (χ0n) is 13.3. The summed E-state index contributed by atoms with van der Waals surface area (Å²) in [5, 5.41) is 19.9. The van der Waals surface area contributed by atoms with Gasteiger partial charge in [-0.05, 0) is 25.5 Å². The van der Waals surface area contributed by atoms with Crippen molar-refractivity contribution in [3.63, 3.8) is 0 Å². The molecule has 0 amide bonds. The number of benzene rings is 1. The molecule has 0 aliphatic rings. The fourth-order valence-electron chi connectivity index (χ4n) is 1.78. The molecule has 126 valence electrons. The van der Waals surface area contributed by atoms with Gasteiger partial charge in [0.05, 0.1) is 5.71 Å². The normalized spacial score (nSPS) is 12.1. The minimum atomic E-state index is -0.688. The molecule has 1 aromatic heterocycles. The molecule has 8 heteroatoms. The van der Waals surface area contributed by atoms with Gasteiger partial charge in [0.15, 0.2) is 0 Å². The second-order valence-electron chi connectivity index (χ2n) is 4.66. The minimum absolute atomic E-state index is 0.0778. The van der Waals surface area contributed by atoms with Crippen molar-refractivity contribution >= 4 is 28.7 Å². The summed E-state index contributed by atoms with van der Waals surface area (Å²) < 4.78 is 0. The molecule has 1 aromatic carbocycles. The largest absolute Gasteiger partial charge is 0.507 e. The van der Waals surface area contributed by atoms with Crippen LogP contribution in [0.4, 0.5) is 0 Å². The Morgan fingerprint density at radius 3 is 2.79 bits per heavy atom. The van der Waals surface area contributed by atoms with E-state index in [-0.39, 0.29) is 12.4 Å². The van der Waals surface area contributed by atoms with Crippen LogP contribution in [0.3, 0.4) is 0 Å². The van der Waals surface area contributed by atoms with Crippen molar-refractivity contribution in [2.24, 2.45) is 10.3 Å². The van der Waals surface area contributed by atoms with E-state index in [1.54, 1.807) is 37.4 Å². The smallest absolute Gasteiger partial charge is 0.374 e. The second kappa shape index (κ2) is 8.78. The molecule has 0 unspecified atom stereocenters. The predicted octanol–water partition coefficient (Wildman–Crippen LogP) is 2.95. The lowest BCUT2D eigenvalue weighted by Crippen LogP contribution is -2.11. The first-order valence-corrected chi connectivity index (χ1v) is 8.11. The predicted molar refractivity (Wildman–Crippen MR) is 91.3 cm³/mol. The fourth-order valence-corrected chi connectivity index (χ4v) is 2.36. The van der Waals surface area contributed by atoms with Crippen molar-refractivity contribution < 1.29 is 19.6 Å². The van der Waals surface area contributed by atoms with Crippen molar-refractivity contribution in [2.45, 2.75) is 20.3 Å². The van der Waals surface area contributed by atoms with Gasteiger partial charge in [0.25, 0.3) is 0 Å². The SMILES string of the molecule is CC/C(=N/OC(=O)CO/N=C(/C)c1nccs1)c1ccccc1O. The van der Waals surface area contributed by atoms with E-state index in [0.717, 1.165) is 0 Å². The number of aromatic nitrogens is 1. The molecule has 2 rings (SSSR count). The number of aromatic hydroxyl groups is 1. The van der Waals surface area contributed by atoms with Gasteiger partial charge in [-0.3, -0.25) is 0 Å². The maximum absolute atomic E-state index is 11.6. The summed E-state index contributed by atoms with van der Waals surface area (Å²) in [7, 11) is 0. The van der Waals surface area contributed by atoms with E-state index in [2.05, 4.69) is 15.3 Å². The van der Waals surface area contributed by atoms with Crippen LogP contribution in [0.25, 0.3) is 0 Å². The first-order valence-electron chi connectivity index (χ1n) is 7.23.